The molecule has 0 radical (unpaired) electrons. The summed E-state index contributed by atoms with van der Waals surface area (Å²) in [5.74, 6) is 0.0690. The van der Waals surface area contributed by atoms with E-state index in [1.807, 2.05) is 13.8 Å². The molecule has 3 heterocycles. The van der Waals surface area contributed by atoms with Crippen molar-refractivity contribution in [3.63, 3.8) is 0 Å². The Hall–Kier alpha value is -3.16. The van der Waals surface area contributed by atoms with Gasteiger partial charge in [0.1, 0.15) is 5.69 Å². The van der Waals surface area contributed by atoms with E-state index in [-0.39, 0.29) is 30.4 Å². The highest BCUT2D eigenvalue weighted by Crippen LogP contribution is 2.26. The molecule has 4 rings (SSSR count). The predicted molar refractivity (Wildman–Crippen MR) is 113 cm³/mol. The average Bonchev–Trinajstić information content (AvgIpc) is 3.42. The van der Waals surface area contributed by atoms with Crippen LogP contribution in [0.25, 0.3) is 22.5 Å². The Morgan fingerprint density at radius 1 is 1.27 bits per heavy atom. The third-order valence-corrected chi connectivity index (χ3v) is 5.45. The summed E-state index contributed by atoms with van der Waals surface area (Å²) in [6.07, 6.45) is 8.73. The molecule has 158 valence electrons. The first-order chi connectivity index (χ1) is 14.5. The van der Waals surface area contributed by atoms with Gasteiger partial charge in [-0.25, -0.2) is 9.67 Å². The molecule has 0 saturated heterocycles. The van der Waals surface area contributed by atoms with E-state index in [1.54, 1.807) is 35.3 Å². The van der Waals surface area contributed by atoms with Crippen LogP contribution in [0.1, 0.15) is 62.4 Å². The van der Waals surface area contributed by atoms with Crippen molar-refractivity contribution < 1.29 is 14.0 Å². The van der Waals surface area contributed by atoms with Crippen LogP contribution in [0, 0.1) is 0 Å². The van der Waals surface area contributed by atoms with Crippen molar-refractivity contribution in [2.24, 2.45) is 0 Å². The molecule has 0 bridgehead atoms. The standard InChI is InChI=1S/C22H27N5O3/c1-14(2)27-21-17(12-24-27)16(11-18(26-21)19-9-6-10-30-19)22(29)23-13-20(28)25-15-7-4-3-5-8-15/h6,9-12,14-15H,3-5,7-8,13H2,1-2H3,(H,23,29)(H,25,28). The molecule has 8 heteroatoms. The molecule has 30 heavy (non-hydrogen) atoms. The van der Waals surface area contributed by atoms with Gasteiger partial charge >= 0.3 is 0 Å². The molecule has 1 saturated carbocycles. The molecule has 2 amide bonds. The van der Waals surface area contributed by atoms with E-state index < -0.39 is 0 Å². The molecule has 0 spiro atoms. The summed E-state index contributed by atoms with van der Waals surface area (Å²) in [6.45, 7) is 3.94. The largest absolute Gasteiger partial charge is 0.463 e. The normalized spacial score (nSPS) is 14.9. The zero-order valence-corrected chi connectivity index (χ0v) is 17.4. The first kappa shape index (κ1) is 20.1. The second kappa shape index (κ2) is 8.69. The van der Waals surface area contributed by atoms with Crippen molar-refractivity contribution in [1.29, 1.82) is 0 Å². The van der Waals surface area contributed by atoms with E-state index >= 15 is 0 Å². The number of nitrogens with zero attached hydrogens (tertiary/aromatic N) is 3. The Morgan fingerprint density at radius 3 is 2.77 bits per heavy atom. The van der Waals surface area contributed by atoms with Gasteiger partial charge in [0.15, 0.2) is 11.4 Å². The van der Waals surface area contributed by atoms with Gasteiger partial charge in [0.05, 0.1) is 30.0 Å². The Labute approximate surface area is 175 Å². The van der Waals surface area contributed by atoms with Crippen LogP contribution in [0.2, 0.25) is 0 Å². The van der Waals surface area contributed by atoms with Gasteiger partial charge in [-0.2, -0.15) is 5.10 Å². The lowest BCUT2D eigenvalue weighted by Gasteiger charge is -2.22. The number of hydrogen-bond donors (Lipinski definition) is 2. The summed E-state index contributed by atoms with van der Waals surface area (Å²) >= 11 is 0. The smallest absolute Gasteiger partial charge is 0.252 e. The van der Waals surface area contributed by atoms with Crippen LogP contribution in [0.5, 0.6) is 0 Å². The number of furan rings is 1. The molecule has 0 atom stereocenters. The van der Waals surface area contributed by atoms with Gasteiger partial charge < -0.3 is 15.1 Å². The topological polar surface area (TPSA) is 102 Å². The summed E-state index contributed by atoms with van der Waals surface area (Å²) < 4.78 is 7.25. The zero-order chi connectivity index (χ0) is 21.1. The van der Waals surface area contributed by atoms with Gasteiger partial charge in [0.25, 0.3) is 5.91 Å². The van der Waals surface area contributed by atoms with E-state index in [4.69, 9.17) is 4.42 Å². The number of aromatic nitrogens is 3. The van der Waals surface area contributed by atoms with Crippen LogP contribution in [0.3, 0.4) is 0 Å². The summed E-state index contributed by atoms with van der Waals surface area (Å²) in [7, 11) is 0. The van der Waals surface area contributed by atoms with Crippen LogP contribution in [-0.4, -0.2) is 39.2 Å². The zero-order valence-electron chi connectivity index (χ0n) is 17.4. The van der Waals surface area contributed by atoms with E-state index in [0.717, 1.165) is 25.7 Å². The second-order valence-electron chi connectivity index (χ2n) is 8.04. The Balaban J connectivity index is 1.56. The quantitative estimate of drug-likeness (QED) is 0.649. The Morgan fingerprint density at radius 2 is 2.07 bits per heavy atom. The summed E-state index contributed by atoms with van der Waals surface area (Å²) in [5.41, 5.74) is 1.58. The number of fused-ring (bicyclic) bond motifs is 1. The number of hydrogen-bond acceptors (Lipinski definition) is 5. The fourth-order valence-corrected chi connectivity index (χ4v) is 3.92. The molecule has 0 aromatic carbocycles. The van der Waals surface area contributed by atoms with Crippen molar-refractivity contribution in [3.8, 4) is 11.5 Å². The van der Waals surface area contributed by atoms with Crippen LogP contribution in [0.4, 0.5) is 0 Å². The molecule has 2 N–H and O–H groups in total. The molecule has 8 nitrogen and oxygen atoms in total. The van der Waals surface area contributed by atoms with E-state index in [1.165, 1.54) is 6.42 Å². The lowest BCUT2D eigenvalue weighted by atomic mass is 9.95. The lowest BCUT2D eigenvalue weighted by molar-refractivity contribution is -0.121. The number of carbonyl (C=O) groups is 2. The lowest BCUT2D eigenvalue weighted by Crippen LogP contribution is -2.42. The van der Waals surface area contributed by atoms with Crippen LogP contribution >= 0.6 is 0 Å². The molecule has 1 fully saturated rings. The van der Waals surface area contributed by atoms with Crippen LogP contribution < -0.4 is 10.6 Å². The van der Waals surface area contributed by atoms with Crippen molar-refractivity contribution in [2.75, 3.05) is 6.54 Å². The maximum Gasteiger partial charge on any atom is 0.252 e. The van der Waals surface area contributed by atoms with Gasteiger partial charge in [-0.05, 0) is 44.9 Å². The van der Waals surface area contributed by atoms with Crippen molar-refractivity contribution in [3.05, 3.63) is 36.2 Å². The first-order valence-corrected chi connectivity index (χ1v) is 10.5. The van der Waals surface area contributed by atoms with Crippen molar-refractivity contribution in [1.82, 2.24) is 25.4 Å². The first-order valence-electron chi connectivity index (χ1n) is 10.5. The number of nitrogens with one attached hydrogen (secondary N) is 2. The van der Waals surface area contributed by atoms with Crippen molar-refractivity contribution in [2.45, 2.75) is 58.0 Å². The van der Waals surface area contributed by atoms with Crippen LogP contribution in [-0.2, 0) is 4.79 Å². The average molecular weight is 409 g/mol. The minimum absolute atomic E-state index is 0.0620. The SMILES string of the molecule is CC(C)n1ncc2c(C(=O)NCC(=O)NC3CCCCC3)cc(-c3ccco3)nc21. The fourth-order valence-electron chi connectivity index (χ4n) is 3.92. The molecule has 0 unspecified atom stereocenters. The minimum atomic E-state index is -0.336. The van der Waals surface area contributed by atoms with Crippen LogP contribution in [0.15, 0.2) is 35.1 Å². The number of pyridine rings is 1. The fraction of sp³-hybridized carbons (Fsp3) is 0.455. The minimum Gasteiger partial charge on any atom is -0.463 e. The van der Waals surface area contributed by atoms with E-state index in [9.17, 15) is 9.59 Å². The molecule has 0 aliphatic heterocycles. The number of amides is 2. The third kappa shape index (κ3) is 4.22. The van der Waals surface area contributed by atoms with Gasteiger partial charge in [-0.1, -0.05) is 19.3 Å². The third-order valence-electron chi connectivity index (χ3n) is 5.45. The van der Waals surface area contributed by atoms with Crippen molar-refractivity contribution >= 4 is 22.8 Å². The predicted octanol–water partition coefficient (Wildman–Crippen LogP) is 3.45. The van der Waals surface area contributed by atoms with Gasteiger partial charge in [-0.15, -0.1) is 0 Å². The summed E-state index contributed by atoms with van der Waals surface area (Å²) in [6, 6.07) is 5.55. The Kier molecular flexibility index (Phi) is 5.83. The second-order valence-corrected chi connectivity index (χ2v) is 8.04. The highest BCUT2D eigenvalue weighted by Gasteiger charge is 2.21. The van der Waals surface area contributed by atoms with Gasteiger partial charge in [0, 0.05) is 12.1 Å². The monoisotopic (exact) mass is 409 g/mol. The Bertz CT molecular complexity index is 1030. The summed E-state index contributed by atoms with van der Waals surface area (Å²) in [4.78, 5) is 29.9. The van der Waals surface area contributed by atoms with Gasteiger partial charge in [-0.3, -0.25) is 9.59 Å². The molecule has 1 aliphatic carbocycles. The molecule has 3 aromatic rings. The number of rotatable bonds is 6. The molecular formula is C22H27N5O3. The maximum absolute atomic E-state index is 13.0. The maximum atomic E-state index is 13.0. The summed E-state index contributed by atoms with van der Waals surface area (Å²) in [5, 5.41) is 10.8. The highest BCUT2D eigenvalue weighted by atomic mass is 16.3. The highest BCUT2D eigenvalue weighted by molar-refractivity contribution is 6.07. The number of carbonyl (C=O) groups excluding carboxylic acids is 2. The molecule has 3 aromatic heterocycles. The van der Waals surface area contributed by atoms with Gasteiger partial charge in [0.2, 0.25) is 5.91 Å². The van der Waals surface area contributed by atoms with E-state index in [2.05, 4.69) is 20.7 Å². The molecule has 1 aliphatic rings. The van der Waals surface area contributed by atoms with E-state index in [0.29, 0.717) is 28.1 Å². The molecular weight excluding hydrogens is 382 g/mol.